The van der Waals surface area contributed by atoms with E-state index < -0.39 is 0 Å². The summed E-state index contributed by atoms with van der Waals surface area (Å²) in [5, 5.41) is 15.9. The summed E-state index contributed by atoms with van der Waals surface area (Å²) in [5.74, 6) is -0.383. The summed E-state index contributed by atoms with van der Waals surface area (Å²) < 4.78 is 0. The van der Waals surface area contributed by atoms with Crippen molar-refractivity contribution in [1.29, 1.82) is 5.26 Å². The second kappa shape index (κ2) is 8.80. The van der Waals surface area contributed by atoms with Crippen molar-refractivity contribution < 1.29 is 4.79 Å². The van der Waals surface area contributed by atoms with Crippen molar-refractivity contribution in [3.8, 4) is 6.07 Å². The van der Waals surface area contributed by atoms with Crippen LogP contribution in [0.4, 0.5) is 5.69 Å². The van der Waals surface area contributed by atoms with E-state index in [1.165, 1.54) is 11.8 Å². The minimum atomic E-state index is -0.383. The van der Waals surface area contributed by atoms with E-state index in [-0.39, 0.29) is 11.5 Å². The fourth-order valence-electron chi connectivity index (χ4n) is 2.14. The monoisotopic (exact) mass is 337 g/mol. The van der Waals surface area contributed by atoms with E-state index in [1.54, 1.807) is 0 Å². The number of hydrogen-bond acceptors (Lipinski definition) is 4. The van der Waals surface area contributed by atoms with E-state index in [9.17, 15) is 10.1 Å². The molecule has 0 fully saturated rings. The summed E-state index contributed by atoms with van der Waals surface area (Å²) in [4.78, 5) is 12.4. The molecule has 2 rings (SSSR count). The first kappa shape index (κ1) is 17.6. The van der Waals surface area contributed by atoms with Gasteiger partial charge in [0, 0.05) is 12.2 Å². The van der Waals surface area contributed by atoms with Gasteiger partial charge in [0.05, 0.1) is 5.03 Å². The second-order valence-electron chi connectivity index (χ2n) is 5.18. The number of aryl methyl sites for hydroxylation is 1. The number of hydrogen-bond donors (Lipinski definition) is 2. The molecule has 24 heavy (non-hydrogen) atoms. The highest BCUT2D eigenvalue weighted by Gasteiger charge is 2.15. The van der Waals surface area contributed by atoms with Gasteiger partial charge in [-0.2, -0.15) is 5.26 Å². The van der Waals surface area contributed by atoms with E-state index >= 15 is 0 Å². The number of nitrogens with one attached hydrogen (secondary N) is 2. The standard InChI is InChI=1S/C19H19N3OS/c1-14-7-6-10-16(11-14)22-19(24-2)17(12-20)18(23)21-13-15-8-4-3-5-9-15/h3-11,22H,13H2,1-2H3,(H,21,23). The lowest BCUT2D eigenvalue weighted by atomic mass is 10.2. The summed E-state index contributed by atoms with van der Waals surface area (Å²) in [6, 6.07) is 19.4. The highest BCUT2D eigenvalue weighted by atomic mass is 32.2. The number of rotatable bonds is 6. The summed E-state index contributed by atoms with van der Waals surface area (Å²) in [7, 11) is 0. The van der Waals surface area contributed by atoms with Crippen molar-refractivity contribution in [2.45, 2.75) is 13.5 Å². The van der Waals surface area contributed by atoms with Crippen molar-refractivity contribution in [3.05, 3.63) is 76.3 Å². The first-order valence-electron chi connectivity index (χ1n) is 7.48. The Labute approximate surface area is 146 Å². The van der Waals surface area contributed by atoms with Gasteiger partial charge in [-0.3, -0.25) is 4.79 Å². The van der Waals surface area contributed by atoms with Crippen LogP contribution in [0.1, 0.15) is 11.1 Å². The van der Waals surface area contributed by atoms with Crippen LogP contribution in [0.2, 0.25) is 0 Å². The molecular weight excluding hydrogens is 318 g/mol. The van der Waals surface area contributed by atoms with Crippen LogP contribution in [0.15, 0.2) is 65.2 Å². The predicted molar refractivity (Wildman–Crippen MR) is 99.2 cm³/mol. The van der Waals surface area contributed by atoms with Crippen LogP contribution in [0.25, 0.3) is 0 Å². The number of thioether (sulfide) groups is 1. The molecular formula is C19H19N3OS. The summed E-state index contributed by atoms with van der Waals surface area (Å²) >= 11 is 1.34. The number of carbonyl (C=O) groups is 1. The molecule has 0 saturated heterocycles. The SMILES string of the molecule is CSC(Nc1cccc(C)c1)=C(C#N)C(=O)NCc1ccccc1. The minimum absolute atomic E-state index is 0.0833. The lowest BCUT2D eigenvalue weighted by Gasteiger charge is -2.12. The van der Waals surface area contributed by atoms with Gasteiger partial charge in [0.15, 0.2) is 0 Å². The fraction of sp³-hybridized carbons (Fsp3) is 0.158. The zero-order valence-corrected chi connectivity index (χ0v) is 14.5. The Hall–Kier alpha value is -2.71. The van der Waals surface area contributed by atoms with Gasteiger partial charge in [-0.1, -0.05) is 42.5 Å². The van der Waals surface area contributed by atoms with Crippen LogP contribution in [-0.4, -0.2) is 12.2 Å². The smallest absolute Gasteiger partial charge is 0.264 e. The molecule has 122 valence electrons. The maximum atomic E-state index is 12.4. The molecule has 0 aliphatic heterocycles. The van der Waals surface area contributed by atoms with Crippen molar-refractivity contribution >= 4 is 23.4 Å². The third kappa shape index (κ3) is 4.90. The molecule has 0 heterocycles. The molecule has 0 aliphatic carbocycles. The van der Waals surface area contributed by atoms with Gasteiger partial charge in [-0.15, -0.1) is 11.8 Å². The van der Waals surface area contributed by atoms with Crippen LogP contribution >= 0.6 is 11.8 Å². The second-order valence-corrected chi connectivity index (χ2v) is 6.00. The molecule has 0 bridgehead atoms. The van der Waals surface area contributed by atoms with Gasteiger partial charge in [-0.05, 0) is 36.4 Å². The largest absolute Gasteiger partial charge is 0.349 e. The Morgan fingerprint density at radius 3 is 2.54 bits per heavy atom. The molecule has 2 aromatic carbocycles. The lowest BCUT2D eigenvalue weighted by Crippen LogP contribution is -2.25. The molecule has 0 spiro atoms. The topological polar surface area (TPSA) is 64.9 Å². The Balaban J connectivity index is 2.14. The molecule has 2 aromatic rings. The Morgan fingerprint density at radius 1 is 1.17 bits per heavy atom. The molecule has 1 amide bonds. The molecule has 0 aliphatic rings. The molecule has 5 heteroatoms. The molecule has 0 atom stereocenters. The molecule has 2 N–H and O–H groups in total. The van der Waals surface area contributed by atoms with E-state index in [0.29, 0.717) is 11.6 Å². The highest BCUT2D eigenvalue weighted by Crippen LogP contribution is 2.21. The maximum absolute atomic E-state index is 12.4. The Bertz CT molecular complexity index is 779. The van der Waals surface area contributed by atoms with E-state index in [4.69, 9.17) is 0 Å². The van der Waals surface area contributed by atoms with Crippen LogP contribution in [0.5, 0.6) is 0 Å². The van der Waals surface area contributed by atoms with Gasteiger partial charge in [0.25, 0.3) is 5.91 Å². The van der Waals surface area contributed by atoms with Gasteiger partial charge in [0.1, 0.15) is 11.6 Å². The zero-order valence-electron chi connectivity index (χ0n) is 13.7. The van der Waals surface area contributed by atoms with Gasteiger partial charge < -0.3 is 10.6 Å². The fourth-order valence-corrected chi connectivity index (χ4v) is 2.70. The summed E-state index contributed by atoms with van der Waals surface area (Å²) in [6.45, 7) is 2.38. The number of nitriles is 1. The molecule has 0 radical (unpaired) electrons. The Kier molecular flexibility index (Phi) is 6.47. The van der Waals surface area contributed by atoms with Gasteiger partial charge in [-0.25, -0.2) is 0 Å². The summed E-state index contributed by atoms with van der Waals surface area (Å²) in [6.07, 6.45) is 1.83. The van der Waals surface area contributed by atoms with Crippen LogP contribution in [0.3, 0.4) is 0 Å². The third-order valence-electron chi connectivity index (χ3n) is 3.34. The third-order valence-corrected chi connectivity index (χ3v) is 4.06. The number of amides is 1. The quantitative estimate of drug-likeness (QED) is 0.621. The van der Waals surface area contributed by atoms with E-state index in [1.807, 2.05) is 73.8 Å². The molecule has 4 nitrogen and oxygen atoms in total. The Morgan fingerprint density at radius 2 is 1.92 bits per heavy atom. The first-order chi connectivity index (χ1) is 11.6. The van der Waals surface area contributed by atoms with Crippen LogP contribution < -0.4 is 10.6 Å². The van der Waals surface area contributed by atoms with Gasteiger partial charge >= 0.3 is 0 Å². The van der Waals surface area contributed by atoms with Crippen molar-refractivity contribution in [3.63, 3.8) is 0 Å². The average Bonchev–Trinajstić information content (AvgIpc) is 2.60. The molecule has 0 aromatic heterocycles. The first-order valence-corrected chi connectivity index (χ1v) is 8.70. The van der Waals surface area contributed by atoms with E-state index in [0.717, 1.165) is 16.8 Å². The molecule has 0 unspecified atom stereocenters. The minimum Gasteiger partial charge on any atom is -0.349 e. The van der Waals surface area contributed by atoms with E-state index in [2.05, 4.69) is 10.6 Å². The number of anilines is 1. The van der Waals surface area contributed by atoms with Crippen molar-refractivity contribution in [2.75, 3.05) is 11.6 Å². The normalized spacial score (nSPS) is 11.2. The van der Waals surface area contributed by atoms with Crippen LogP contribution in [-0.2, 0) is 11.3 Å². The predicted octanol–water partition coefficient (Wildman–Crippen LogP) is 3.82. The van der Waals surface area contributed by atoms with Crippen molar-refractivity contribution in [1.82, 2.24) is 5.32 Å². The average molecular weight is 337 g/mol. The number of nitrogens with zero attached hydrogens (tertiary/aromatic N) is 1. The highest BCUT2D eigenvalue weighted by molar-refractivity contribution is 8.02. The molecule has 0 saturated carbocycles. The van der Waals surface area contributed by atoms with Crippen LogP contribution in [0, 0.1) is 18.3 Å². The number of carbonyl (C=O) groups excluding carboxylic acids is 1. The number of benzene rings is 2. The van der Waals surface area contributed by atoms with Gasteiger partial charge in [0.2, 0.25) is 0 Å². The van der Waals surface area contributed by atoms with Crippen molar-refractivity contribution in [2.24, 2.45) is 0 Å². The lowest BCUT2D eigenvalue weighted by molar-refractivity contribution is -0.117. The zero-order chi connectivity index (χ0) is 17.4. The summed E-state index contributed by atoms with van der Waals surface area (Å²) in [5.41, 5.74) is 3.02. The maximum Gasteiger partial charge on any atom is 0.264 e.